The van der Waals surface area contributed by atoms with Crippen LogP contribution in [0, 0.1) is 5.92 Å². The molecule has 1 unspecified atom stereocenters. The maximum Gasteiger partial charge on any atom is 0.236 e. The van der Waals surface area contributed by atoms with E-state index in [0.717, 1.165) is 6.42 Å². The number of carbonyl (C=O) groups is 1. The first-order chi connectivity index (χ1) is 11.6. The van der Waals surface area contributed by atoms with Gasteiger partial charge in [-0.3, -0.25) is 4.79 Å². The standard InChI is InChI=1S/C21H28N2O/c1-16(2)15-20(22)21(24)23-14-13-19(17-9-5-3-6-10-17)18-11-7-4-8-12-18/h3-12,16,19-20H,13-15,22H2,1-2H3,(H,23,24). The van der Waals surface area contributed by atoms with Gasteiger partial charge in [0.1, 0.15) is 0 Å². The Morgan fingerprint density at radius 2 is 1.46 bits per heavy atom. The third-order valence-corrected chi connectivity index (χ3v) is 4.20. The zero-order chi connectivity index (χ0) is 17.4. The molecule has 0 aliphatic carbocycles. The van der Waals surface area contributed by atoms with Crippen molar-refractivity contribution in [2.45, 2.75) is 38.6 Å². The highest BCUT2D eigenvalue weighted by atomic mass is 16.2. The van der Waals surface area contributed by atoms with Gasteiger partial charge in [0.05, 0.1) is 6.04 Å². The third kappa shape index (κ3) is 5.50. The summed E-state index contributed by atoms with van der Waals surface area (Å²) in [6, 6.07) is 20.4. The van der Waals surface area contributed by atoms with Crippen LogP contribution in [0.3, 0.4) is 0 Å². The molecule has 0 aromatic heterocycles. The first kappa shape index (κ1) is 18.2. The lowest BCUT2D eigenvalue weighted by molar-refractivity contribution is -0.122. The molecule has 3 heteroatoms. The Morgan fingerprint density at radius 3 is 1.92 bits per heavy atom. The maximum absolute atomic E-state index is 12.1. The zero-order valence-electron chi connectivity index (χ0n) is 14.6. The first-order valence-electron chi connectivity index (χ1n) is 8.71. The van der Waals surface area contributed by atoms with Crippen LogP contribution in [0.5, 0.6) is 0 Å². The summed E-state index contributed by atoms with van der Waals surface area (Å²) in [4.78, 5) is 12.1. The molecule has 0 saturated carbocycles. The van der Waals surface area contributed by atoms with Gasteiger partial charge in [-0.2, -0.15) is 0 Å². The van der Waals surface area contributed by atoms with Crippen molar-refractivity contribution in [3.63, 3.8) is 0 Å². The van der Waals surface area contributed by atoms with Crippen LogP contribution in [-0.2, 0) is 4.79 Å². The van der Waals surface area contributed by atoms with Crippen LogP contribution in [0.4, 0.5) is 0 Å². The van der Waals surface area contributed by atoms with E-state index in [9.17, 15) is 4.79 Å². The van der Waals surface area contributed by atoms with Crippen LogP contribution < -0.4 is 11.1 Å². The SMILES string of the molecule is CC(C)CC(N)C(=O)NCCC(c1ccccc1)c1ccccc1. The molecule has 0 radical (unpaired) electrons. The number of hydrogen-bond acceptors (Lipinski definition) is 2. The van der Waals surface area contributed by atoms with E-state index < -0.39 is 6.04 Å². The molecule has 0 bridgehead atoms. The molecular weight excluding hydrogens is 296 g/mol. The minimum Gasteiger partial charge on any atom is -0.355 e. The van der Waals surface area contributed by atoms with Crippen molar-refractivity contribution >= 4 is 5.91 Å². The van der Waals surface area contributed by atoms with Gasteiger partial charge in [0.25, 0.3) is 0 Å². The summed E-state index contributed by atoms with van der Waals surface area (Å²) in [5, 5.41) is 2.99. The van der Waals surface area contributed by atoms with E-state index in [4.69, 9.17) is 5.73 Å². The van der Waals surface area contributed by atoms with Gasteiger partial charge in [0.2, 0.25) is 5.91 Å². The molecule has 3 N–H and O–H groups in total. The maximum atomic E-state index is 12.1. The highest BCUT2D eigenvalue weighted by Crippen LogP contribution is 2.27. The van der Waals surface area contributed by atoms with Crippen molar-refractivity contribution in [3.05, 3.63) is 71.8 Å². The lowest BCUT2D eigenvalue weighted by Gasteiger charge is -2.19. The van der Waals surface area contributed by atoms with Crippen molar-refractivity contribution < 1.29 is 4.79 Å². The number of benzene rings is 2. The van der Waals surface area contributed by atoms with Crippen LogP contribution in [0.1, 0.15) is 43.7 Å². The van der Waals surface area contributed by atoms with E-state index in [1.807, 2.05) is 12.1 Å². The fraction of sp³-hybridized carbons (Fsp3) is 0.381. The lowest BCUT2D eigenvalue weighted by Crippen LogP contribution is -2.41. The van der Waals surface area contributed by atoms with E-state index in [2.05, 4.69) is 67.7 Å². The van der Waals surface area contributed by atoms with Gasteiger partial charge < -0.3 is 11.1 Å². The Morgan fingerprint density at radius 1 is 0.958 bits per heavy atom. The summed E-state index contributed by atoms with van der Waals surface area (Å²) in [6.07, 6.45) is 1.57. The zero-order valence-corrected chi connectivity index (χ0v) is 14.6. The summed E-state index contributed by atoms with van der Waals surface area (Å²) in [6.45, 7) is 4.78. The molecule has 1 atom stereocenters. The van der Waals surface area contributed by atoms with Crippen molar-refractivity contribution in [2.24, 2.45) is 11.7 Å². The molecule has 2 aromatic rings. The molecular formula is C21H28N2O. The number of amides is 1. The van der Waals surface area contributed by atoms with Gasteiger partial charge in [-0.15, -0.1) is 0 Å². The van der Waals surface area contributed by atoms with E-state index in [0.29, 0.717) is 18.9 Å². The molecule has 0 saturated heterocycles. The van der Waals surface area contributed by atoms with E-state index >= 15 is 0 Å². The Hall–Kier alpha value is -2.13. The Balaban J connectivity index is 1.99. The molecule has 0 aliphatic rings. The van der Waals surface area contributed by atoms with Gasteiger partial charge in [0.15, 0.2) is 0 Å². The van der Waals surface area contributed by atoms with E-state index in [1.165, 1.54) is 11.1 Å². The van der Waals surface area contributed by atoms with Crippen molar-refractivity contribution in [1.82, 2.24) is 5.32 Å². The second-order valence-corrected chi connectivity index (χ2v) is 6.69. The second kappa shape index (κ2) is 9.24. The molecule has 3 nitrogen and oxygen atoms in total. The average molecular weight is 324 g/mol. The average Bonchev–Trinajstić information content (AvgIpc) is 2.59. The Labute approximate surface area is 145 Å². The number of rotatable bonds is 8. The summed E-state index contributed by atoms with van der Waals surface area (Å²) in [5.41, 5.74) is 8.48. The fourth-order valence-corrected chi connectivity index (χ4v) is 2.98. The number of nitrogens with one attached hydrogen (secondary N) is 1. The van der Waals surface area contributed by atoms with Crippen molar-refractivity contribution in [1.29, 1.82) is 0 Å². The topological polar surface area (TPSA) is 55.1 Å². The summed E-state index contributed by atoms with van der Waals surface area (Å²) in [5.74, 6) is 0.643. The van der Waals surface area contributed by atoms with E-state index in [-0.39, 0.29) is 11.8 Å². The molecule has 0 fully saturated rings. The third-order valence-electron chi connectivity index (χ3n) is 4.20. The van der Waals surface area contributed by atoms with Gasteiger partial charge in [-0.25, -0.2) is 0 Å². The molecule has 1 amide bonds. The molecule has 0 spiro atoms. The molecule has 128 valence electrons. The van der Waals surface area contributed by atoms with Gasteiger partial charge in [-0.05, 0) is 29.9 Å². The normalized spacial score (nSPS) is 12.4. The van der Waals surface area contributed by atoms with Crippen LogP contribution in [0.2, 0.25) is 0 Å². The second-order valence-electron chi connectivity index (χ2n) is 6.69. The van der Waals surface area contributed by atoms with Crippen LogP contribution in [-0.4, -0.2) is 18.5 Å². The predicted octanol–water partition coefficient (Wildman–Crippen LogP) is 3.70. The minimum atomic E-state index is -0.420. The predicted molar refractivity (Wildman–Crippen MR) is 99.8 cm³/mol. The number of nitrogens with two attached hydrogens (primary N) is 1. The molecule has 24 heavy (non-hydrogen) atoms. The van der Waals surface area contributed by atoms with Crippen molar-refractivity contribution in [3.8, 4) is 0 Å². The highest BCUT2D eigenvalue weighted by Gasteiger charge is 2.17. The van der Waals surface area contributed by atoms with E-state index in [1.54, 1.807) is 0 Å². The first-order valence-corrected chi connectivity index (χ1v) is 8.71. The van der Waals surface area contributed by atoms with Crippen molar-refractivity contribution in [2.75, 3.05) is 6.54 Å². The monoisotopic (exact) mass is 324 g/mol. The van der Waals surface area contributed by atoms with Crippen LogP contribution in [0.15, 0.2) is 60.7 Å². The number of hydrogen-bond donors (Lipinski definition) is 2. The number of carbonyl (C=O) groups excluding carboxylic acids is 1. The summed E-state index contributed by atoms with van der Waals surface area (Å²) >= 11 is 0. The fourth-order valence-electron chi connectivity index (χ4n) is 2.98. The largest absolute Gasteiger partial charge is 0.355 e. The van der Waals surface area contributed by atoms with Crippen LogP contribution >= 0.6 is 0 Å². The Bertz CT molecular complexity index is 571. The smallest absolute Gasteiger partial charge is 0.236 e. The Kier molecular flexibility index (Phi) is 7.01. The van der Waals surface area contributed by atoms with Gasteiger partial charge in [-0.1, -0.05) is 74.5 Å². The summed E-state index contributed by atoms with van der Waals surface area (Å²) in [7, 11) is 0. The van der Waals surface area contributed by atoms with Crippen LogP contribution in [0.25, 0.3) is 0 Å². The summed E-state index contributed by atoms with van der Waals surface area (Å²) < 4.78 is 0. The molecule has 2 aromatic carbocycles. The molecule has 2 rings (SSSR count). The minimum absolute atomic E-state index is 0.0522. The molecule has 0 heterocycles. The highest BCUT2D eigenvalue weighted by molar-refractivity contribution is 5.81. The molecule has 0 aliphatic heterocycles. The van der Waals surface area contributed by atoms with Gasteiger partial charge in [0, 0.05) is 12.5 Å². The quantitative estimate of drug-likeness (QED) is 0.778. The van der Waals surface area contributed by atoms with Gasteiger partial charge >= 0.3 is 0 Å². The lowest BCUT2D eigenvalue weighted by atomic mass is 9.88.